The Morgan fingerprint density at radius 2 is 1.46 bits per heavy atom. The second-order valence-electron chi connectivity index (χ2n) is 4.72. The van der Waals surface area contributed by atoms with Crippen LogP contribution in [0.2, 0.25) is 5.02 Å². The van der Waals surface area contributed by atoms with Crippen molar-refractivity contribution < 1.29 is 23.9 Å². The van der Waals surface area contributed by atoms with Crippen LogP contribution < -0.4 is 5.32 Å². The van der Waals surface area contributed by atoms with Crippen LogP contribution in [0.15, 0.2) is 42.5 Å². The van der Waals surface area contributed by atoms with Crippen LogP contribution in [0.3, 0.4) is 0 Å². The molecule has 2 aromatic rings. The minimum absolute atomic E-state index is 0.106. The van der Waals surface area contributed by atoms with Crippen LogP contribution in [0.5, 0.6) is 0 Å². The van der Waals surface area contributed by atoms with Gasteiger partial charge < -0.3 is 14.8 Å². The predicted octanol–water partition coefficient (Wildman–Crippen LogP) is 3.17. The molecule has 1 amide bonds. The highest BCUT2D eigenvalue weighted by molar-refractivity contribution is 6.34. The van der Waals surface area contributed by atoms with Crippen molar-refractivity contribution in [3.05, 3.63) is 64.2 Å². The van der Waals surface area contributed by atoms with E-state index in [9.17, 15) is 14.4 Å². The lowest BCUT2D eigenvalue weighted by atomic mass is 10.1. The Morgan fingerprint density at radius 3 is 1.96 bits per heavy atom. The van der Waals surface area contributed by atoms with E-state index >= 15 is 0 Å². The molecule has 24 heavy (non-hydrogen) atoms. The molecule has 0 spiro atoms. The Labute approximate surface area is 143 Å². The van der Waals surface area contributed by atoms with Crippen molar-refractivity contribution in [2.24, 2.45) is 0 Å². The number of esters is 2. The van der Waals surface area contributed by atoms with Crippen molar-refractivity contribution in [3.63, 3.8) is 0 Å². The number of carbonyl (C=O) groups excluding carboxylic acids is 3. The fourth-order valence-electron chi connectivity index (χ4n) is 2.01. The Morgan fingerprint density at radius 1 is 0.917 bits per heavy atom. The summed E-state index contributed by atoms with van der Waals surface area (Å²) >= 11 is 5.98. The van der Waals surface area contributed by atoms with E-state index < -0.39 is 17.8 Å². The van der Waals surface area contributed by atoms with Crippen molar-refractivity contribution in [3.8, 4) is 0 Å². The van der Waals surface area contributed by atoms with Crippen LogP contribution >= 0.6 is 11.6 Å². The molecule has 0 atom stereocenters. The van der Waals surface area contributed by atoms with Crippen LogP contribution in [0.4, 0.5) is 5.69 Å². The molecule has 0 saturated heterocycles. The number of anilines is 1. The van der Waals surface area contributed by atoms with E-state index in [2.05, 4.69) is 14.8 Å². The standard InChI is InChI=1S/C17H14ClNO5/c1-23-16(21)10-7-11(17(22)24-2)9-12(8-10)19-15(20)13-5-3-4-6-14(13)18/h3-9H,1-2H3,(H,19,20). The number of halogens is 1. The zero-order chi connectivity index (χ0) is 17.7. The minimum Gasteiger partial charge on any atom is -0.465 e. The number of ether oxygens (including phenoxy) is 2. The van der Waals surface area contributed by atoms with Gasteiger partial charge >= 0.3 is 11.9 Å². The molecule has 124 valence electrons. The highest BCUT2D eigenvalue weighted by atomic mass is 35.5. The summed E-state index contributed by atoms with van der Waals surface area (Å²) in [7, 11) is 2.43. The quantitative estimate of drug-likeness (QED) is 0.859. The maximum Gasteiger partial charge on any atom is 0.337 e. The molecule has 0 aliphatic heterocycles. The number of carbonyl (C=O) groups is 3. The lowest BCUT2D eigenvalue weighted by Crippen LogP contribution is -2.14. The Kier molecular flexibility index (Phi) is 5.55. The third kappa shape index (κ3) is 3.91. The van der Waals surface area contributed by atoms with Crippen molar-refractivity contribution >= 4 is 35.1 Å². The minimum atomic E-state index is -0.644. The largest absolute Gasteiger partial charge is 0.465 e. The van der Waals surface area contributed by atoms with Crippen molar-refractivity contribution in [2.45, 2.75) is 0 Å². The van der Waals surface area contributed by atoms with E-state index in [-0.39, 0.29) is 27.4 Å². The fourth-order valence-corrected chi connectivity index (χ4v) is 2.24. The van der Waals surface area contributed by atoms with Gasteiger partial charge in [-0.1, -0.05) is 23.7 Å². The zero-order valence-electron chi connectivity index (χ0n) is 13.0. The first kappa shape index (κ1) is 17.5. The second kappa shape index (κ2) is 7.61. The summed E-state index contributed by atoms with van der Waals surface area (Å²) in [6.45, 7) is 0. The van der Waals surface area contributed by atoms with Crippen molar-refractivity contribution in [2.75, 3.05) is 19.5 Å². The molecule has 0 aliphatic rings. The van der Waals surface area contributed by atoms with Crippen LogP contribution in [0.1, 0.15) is 31.1 Å². The Balaban J connectivity index is 2.38. The molecule has 6 nitrogen and oxygen atoms in total. The lowest BCUT2D eigenvalue weighted by Gasteiger charge is -2.10. The van der Waals surface area contributed by atoms with Gasteiger partial charge in [0.2, 0.25) is 0 Å². The van der Waals surface area contributed by atoms with E-state index in [0.29, 0.717) is 0 Å². The number of hydrogen-bond donors (Lipinski definition) is 1. The molecule has 2 rings (SSSR count). The number of hydrogen-bond acceptors (Lipinski definition) is 5. The summed E-state index contributed by atoms with van der Waals surface area (Å²) in [6.07, 6.45) is 0. The molecule has 2 aromatic carbocycles. The first-order valence-corrected chi connectivity index (χ1v) is 7.21. The molecule has 0 radical (unpaired) electrons. The summed E-state index contributed by atoms with van der Waals surface area (Å²) in [5.41, 5.74) is 0.718. The molecule has 0 aromatic heterocycles. The molecule has 0 unspecified atom stereocenters. The number of methoxy groups -OCH3 is 2. The van der Waals surface area contributed by atoms with Gasteiger partial charge in [-0.25, -0.2) is 9.59 Å². The van der Waals surface area contributed by atoms with Gasteiger partial charge in [-0.2, -0.15) is 0 Å². The van der Waals surface area contributed by atoms with E-state index in [1.54, 1.807) is 24.3 Å². The number of rotatable bonds is 4. The molecule has 7 heteroatoms. The second-order valence-corrected chi connectivity index (χ2v) is 5.12. The molecule has 0 saturated carbocycles. The summed E-state index contributed by atoms with van der Waals surface area (Å²) in [6, 6.07) is 10.6. The van der Waals surface area contributed by atoms with Gasteiger partial charge in [0.1, 0.15) is 0 Å². The van der Waals surface area contributed by atoms with E-state index in [1.165, 1.54) is 32.4 Å². The predicted molar refractivity (Wildman–Crippen MR) is 88.5 cm³/mol. The molecular weight excluding hydrogens is 334 g/mol. The van der Waals surface area contributed by atoms with Gasteiger partial charge in [-0.3, -0.25) is 4.79 Å². The Bertz CT molecular complexity index is 769. The van der Waals surface area contributed by atoms with Crippen LogP contribution in [-0.2, 0) is 9.47 Å². The first-order chi connectivity index (χ1) is 11.5. The van der Waals surface area contributed by atoms with Gasteiger partial charge in [-0.15, -0.1) is 0 Å². The summed E-state index contributed by atoms with van der Waals surface area (Å²) in [4.78, 5) is 35.8. The molecule has 0 aliphatic carbocycles. The lowest BCUT2D eigenvalue weighted by molar-refractivity contribution is 0.0599. The van der Waals surface area contributed by atoms with Crippen molar-refractivity contribution in [1.29, 1.82) is 0 Å². The van der Waals surface area contributed by atoms with Gasteiger partial charge in [0.25, 0.3) is 5.91 Å². The average Bonchev–Trinajstić information content (AvgIpc) is 2.60. The molecule has 0 heterocycles. The molecule has 0 fully saturated rings. The molecule has 0 bridgehead atoms. The third-order valence-corrected chi connectivity index (χ3v) is 3.48. The normalized spacial score (nSPS) is 9.96. The maximum atomic E-state index is 12.3. The zero-order valence-corrected chi connectivity index (χ0v) is 13.7. The number of nitrogens with one attached hydrogen (secondary N) is 1. The maximum absolute atomic E-state index is 12.3. The highest BCUT2D eigenvalue weighted by Crippen LogP contribution is 2.20. The van der Waals surface area contributed by atoms with Gasteiger partial charge in [0.15, 0.2) is 0 Å². The van der Waals surface area contributed by atoms with Crippen molar-refractivity contribution in [1.82, 2.24) is 0 Å². The van der Waals surface area contributed by atoms with Crippen LogP contribution in [0.25, 0.3) is 0 Å². The van der Waals surface area contributed by atoms with E-state index in [0.717, 1.165) is 0 Å². The fraction of sp³-hybridized carbons (Fsp3) is 0.118. The number of amides is 1. The summed E-state index contributed by atoms with van der Waals surface area (Å²) in [5, 5.41) is 2.88. The van der Waals surface area contributed by atoms with Gasteiger partial charge in [0, 0.05) is 5.69 Å². The monoisotopic (exact) mass is 347 g/mol. The van der Waals surface area contributed by atoms with Gasteiger partial charge in [0.05, 0.1) is 35.9 Å². The highest BCUT2D eigenvalue weighted by Gasteiger charge is 2.16. The summed E-state index contributed by atoms with van der Waals surface area (Å²) < 4.78 is 9.29. The summed E-state index contributed by atoms with van der Waals surface area (Å²) in [5.74, 6) is -1.76. The SMILES string of the molecule is COC(=O)c1cc(NC(=O)c2ccccc2Cl)cc(C(=O)OC)c1. The average molecular weight is 348 g/mol. The Hall–Kier alpha value is -2.86. The topological polar surface area (TPSA) is 81.7 Å². The number of benzene rings is 2. The smallest absolute Gasteiger partial charge is 0.337 e. The molecular formula is C17H14ClNO5. The molecule has 1 N–H and O–H groups in total. The van der Waals surface area contributed by atoms with E-state index in [1.807, 2.05) is 0 Å². The van der Waals surface area contributed by atoms with Gasteiger partial charge in [-0.05, 0) is 30.3 Å². The van der Waals surface area contributed by atoms with Crippen LogP contribution in [-0.4, -0.2) is 32.1 Å². The third-order valence-electron chi connectivity index (χ3n) is 3.15. The first-order valence-electron chi connectivity index (χ1n) is 6.84. The van der Waals surface area contributed by atoms with Crippen LogP contribution in [0, 0.1) is 0 Å². The van der Waals surface area contributed by atoms with E-state index in [4.69, 9.17) is 11.6 Å².